The van der Waals surface area contributed by atoms with Crippen LogP contribution in [0.25, 0.3) is 22.3 Å². The number of rotatable bonds is 9. The van der Waals surface area contributed by atoms with E-state index in [-0.39, 0.29) is 12.3 Å². The molecule has 2 heterocycles. The number of ketones is 1. The van der Waals surface area contributed by atoms with Crippen LogP contribution in [0.15, 0.2) is 85.2 Å². The van der Waals surface area contributed by atoms with Crippen LogP contribution in [0.2, 0.25) is 0 Å². The lowest BCUT2D eigenvalue weighted by Crippen LogP contribution is -2.47. The SMILES string of the molecule is CCCCN(CC(F)(F)F)C(=O)C1c2ccccc2-c2ccc(C(=O)c3ccccc3-c3ccncc3)c(N3CCCCC3N)c21. The highest BCUT2D eigenvalue weighted by Gasteiger charge is 2.43. The first-order chi connectivity index (χ1) is 22.2. The first-order valence-corrected chi connectivity index (χ1v) is 15.9. The van der Waals surface area contributed by atoms with Gasteiger partial charge in [-0.1, -0.05) is 67.9 Å². The highest BCUT2D eigenvalue weighted by Crippen LogP contribution is 2.52. The summed E-state index contributed by atoms with van der Waals surface area (Å²) in [5.74, 6) is -1.88. The van der Waals surface area contributed by atoms with Crippen LogP contribution < -0.4 is 10.6 Å². The van der Waals surface area contributed by atoms with Gasteiger partial charge in [-0.15, -0.1) is 0 Å². The number of nitrogens with two attached hydrogens (primary N) is 1. The summed E-state index contributed by atoms with van der Waals surface area (Å²) >= 11 is 0. The standard InChI is InChI=1S/C37H37F3N4O2/c1-2-3-21-43(23-37(38,39)40)36(46)33-27-12-6-5-11-26(27)28-15-16-30(34(32(28)33)44-22-9-8-14-31(44)41)35(45)29-13-7-4-10-25(29)24-17-19-42-20-18-24/h4-7,10-13,15-20,31,33H,2-3,8-9,14,21-23,41H2,1H3. The minimum Gasteiger partial charge on any atom is -0.355 e. The van der Waals surface area contributed by atoms with Gasteiger partial charge in [0.2, 0.25) is 5.91 Å². The fourth-order valence-electron chi connectivity index (χ4n) is 6.89. The summed E-state index contributed by atoms with van der Waals surface area (Å²) in [6.45, 7) is 1.09. The van der Waals surface area contributed by atoms with E-state index in [2.05, 4.69) is 4.98 Å². The van der Waals surface area contributed by atoms with Gasteiger partial charge in [0, 0.05) is 42.2 Å². The summed E-state index contributed by atoms with van der Waals surface area (Å²) < 4.78 is 41.6. The Bertz CT molecular complexity index is 1740. The zero-order valence-electron chi connectivity index (χ0n) is 25.8. The van der Waals surface area contributed by atoms with Crippen molar-refractivity contribution >= 4 is 17.4 Å². The molecule has 1 saturated heterocycles. The smallest absolute Gasteiger partial charge is 0.355 e. The van der Waals surface area contributed by atoms with Crippen molar-refractivity contribution in [1.82, 2.24) is 9.88 Å². The average Bonchev–Trinajstić information content (AvgIpc) is 3.40. The Morgan fingerprint density at radius 3 is 2.35 bits per heavy atom. The molecule has 2 unspecified atom stereocenters. The van der Waals surface area contributed by atoms with Gasteiger partial charge < -0.3 is 15.5 Å². The molecular formula is C37H37F3N4O2. The van der Waals surface area contributed by atoms with Crippen molar-refractivity contribution in [3.05, 3.63) is 107 Å². The third-order valence-corrected chi connectivity index (χ3v) is 9.02. The predicted octanol–water partition coefficient (Wildman–Crippen LogP) is 7.56. The Balaban J connectivity index is 1.57. The maximum absolute atomic E-state index is 14.7. The van der Waals surface area contributed by atoms with Crippen molar-refractivity contribution in [3.8, 4) is 22.3 Å². The van der Waals surface area contributed by atoms with Crippen molar-refractivity contribution in [2.75, 3.05) is 24.5 Å². The number of halogens is 3. The average molecular weight is 627 g/mol. The molecular weight excluding hydrogens is 589 g/mol. The molecule has 6 rings (SSSR count). The number of carbonyl (C=O) groups excluding carboxylic acids is 2. The monoisotopic (exact) mass is 626 g/mol. The number of aromatic nitrogens is 1. The van der Waals surface area contributed by atoms with Crippen LogP contribution in [0.4, 0.5) is 18.9 Å². The highest BCUT2D eigenvalue weighted by molar-refractivity contribution is 6.17. The third-order valence-electron chi connectivity index (χ3n) is 9.02. The van der Waals surface area contributed by atoms with Crippen LogP contribution in [0, 0.1) is 0 Å². The van der Waals surface area contributed by atoms with E-state index in [1.807, 2.05) is 66.4 Å². The van der Waals surface area contributed by atoms with E-state index in [0.717, 1.165) is 40.0 Å². The van der Waals surface area contributed by atoms with Gasteiger partial charge in [-0.05, 0) is 71.7 Å². The Kier molecular flexibility index (Phi) is 8.95. The molecule has 2 N–H and O–H groups in total. The van der Waals surface area contributed by atoms with Gasteiger partial charge in [0.25, 0.3) is 0 Å². The molecule has 3 aromatic carbocycles. The zero-order chi connectivity index (χ0) is 32.4. The van der Waals surface area contributed by atoms with Crippen molar-refractivity contribution in [2.24, 2.45) is 5.73 Å². The highest BCUT2D eigenvalue weighted by atomic mass is 19.4. The van der Waals surface area contributed by atoms with Gasteiger partial charge >= 0.3 is 6.18 Å². The number of benzene rings is 3. The Morgan fingerprint density at radius 2 is 1.63 bits per heavy atom. The summed E-state index contributed by atoms with van der Waals surface area (Å²) in [7, 11) is 0. The predicted molar refractivity (Wildman–Crippen MR) is 174 cm³/mol. The van der Waals surface area contributed by atoms with Gasteiger partial charge in [-0.3, -0.25) is 14.6 Å². The number of piperidine rings is 1. The summed E-state index contributed by atoms with van der Waals surface area (Å²) in [6.07, 6.45) is 1.88. The number of carbonyl (C=O) groups is 2. The lowest BCUT2D eigenvalue weighted by molar-refractivity contribution is -0.161. The van der Waals surface area contributed by atoms with Crippen molar-refractivity contribution in [3.63, 3.8) is 0 Å². The molecule has 0 saturated carbocycles. The number of nitrogens with zero attached hydrogens (tertiary/aromatic N) is 3. The number of alkyl halides is 3. The molecule has 1 aliphatic heterocycles. The summed E-state index contributed by atoms with van der Waals surface area (Å²) in [5, 5.41) is 0. The molecule has 1 amide bonds. The molecule has 0 radical (unpaired) electrons. The maximum Gasteiger partial charge on any atom is 0.406 e. The topological polar surface area (TPSA) is 79.5 Å². The molecule has 4 aromatic rings. The fourth-order valence-corrected chi connectivity index (χ4v) is 6.89. The van der Waals surface area contributed by atoms with Crippen molar-refractivity contribution in [2.45, 2.75) is 57.3 Å². The second-order valence-corrected chi connectivity index (χ2v) is 12.0. The van der Waals surface area contributed by atoms with Gasteiger partial charge in [0.1, 0.15) is 6.54 Å². The second kappa shape index (κ2) is 13.1. The van der Waals surface area contributed by atoms with E-state index in [0.29, 0.717) is 53.7 Å². The third kappa shape index (κ3) is 6.03. The first kappa shape index (κ1) is 31.5. The maximum atomic E-state index is 14.7. The van der Waals surface area contributed by atoms with Gasteiger partial charge in [0.15, 0.2) is 5.78 Å². The Hall–Kier alpha value is -4.50. The minimum atomic E-state index is -4.56. The summed E-state index contributed by atoms with van der Waals surface area (Å²) in [5.41, 5.74) is 12.4. The van der Waals surface area contributed by atoms with Crippen LogP contribution in [0.1, 0.15) is 72.0 Å². The molecule has 46 heavy (non-hydrogen) atoms. The quantitative estimate of drug-likeness (QED) is 0.194. The van der Waals surface area contributed by atoms with E-state index < -0.39 is 30.7 Å². The molecule has 9 heteroatoms. The zero-order valence-corrected chi connectivity index (χ0v) is 25.8. The number of unbranched alkanes of at least 4 members (excludes halogenated alkanes) is 1. The summed E-state index contributed by atoms with van der Waals surface area (Å²) in [6, 6.07) is 22.0. The number of hydrogen-bond donors (Lipinski definition) is 1. The van der Waals surface area contributed by atoms with Crippen LogP contribution in [0.5, 0.6) is 0 Å². The van der Waals surface area contributed by atoms with Crippen LogP contribution in [0.3, 0.4) is 0 Å². The molecule has 238 valence electrons. The van der Waals surface area contributed by atoms with Crippen LogP contribution in [-0.4, -0.2) is 53.6 Å². The Morgan fingerprint density at radius 1 is 0.913 bits per heavy atom. The molecule has 2 aliphatic rings. The second-order valence-electron chi connectivity index (χ2n) is 12.0. The fraction of sp³-hybridized carbons (Fsp3) is 0.324. The number of hydrogen-bond acceptors (Lipinski definition) is 5. The molecule has 1 aromatic heterocycles. The molecule has 0 bridgehead atoms. The lowest BCUT2D eigenvalue weighted by atomic mass is 9.87. The molecule has 6 nitrogen and oxygen atoms in total. The molecule has 1 aliphatic carbocycles. The van der Waals surface area contributed by atoms with Crippen LogP contribution >= 0.6 is 0 Å². The minimum absolute atomic E-state index is 0.0145. The summed E-state index contributed by atoms with van der Waals surface area (Å²) in [4.78, 5) is 36.2. The first-order valence-electron chi connectivity index (χ1n) is 15.9. The van der Waals surface area contributed by atoms with E-state index in [4.69, 9.17) is 5.73 Å². The van der Waals surface area contributed by atoms with E-state index in [1.54, 1.807) is 30.6 Å². The van der Waals surface area contributed by atoms with Crippen molar-refractivity contribution in [1.29, 1.82) is 0 Å². The number of amides is 1. The molecule has 1 fully saturated rings. The van der Waals surface area contributed by atoms with Crippen molar-refractivity contribution < 1.29 is 22.8 Å². The largest absolute Gasteiger partial charge is 0.406 e. The van der Waals surface area contributed by atoms with Crippen LogP contribution in [-0.2, 0) is 4.79 Å². The lowest BCUT2D eigenvalue weighted by Gasteiger charge is -2.38. The normalized spacial score (nSPS) is 17.4. The molecule has 2 atom stereocenters. The van der Waals surface area contributed by atoms with E-state index >= 15 is 0 Å². The van der Waals surface area contributed by atoms with Gasteiger partial charge in [0.05, 0.1) is 17.8 Å². The van der Waals surface area contributed by atoms with Gasteiger partial charge in [-0.2, -0.15) is 13.2 Å². The van der Waals surface area contributed by atoms with Gasteiger partial charge in [-0.25, -0.2) is 0 Å². The number of pyridine rings is 1. The van der Waals surface area contributed by atoms with E-state index in [9.17, 15) is 22.8 Å². The molecule has 0 spiro atoms. The number of fused-ring (bicyclic) bond motifs is 3. The number of anilines is 1. The van der Waals surface area contributed by atoms with E-state index in [1.165, 1.54) is 0 Å². The Labute approximate surface area is 267 Å².